The van der Waals surface area contributed by atoms with Gasteiger partial charge in [-0.05, 0) is 17.5 Å². The number of carbonyl (C=O) groups excluding carboxylic acids is 1. The molecule has 18 heavy (non-hydrogen) atoms. The Kier molecular flexibility index (Phi) is 3.32. The highest BCUT2D eigenvalue weighted by Gasteiger charge is 2.17. The summed E-state index contributed by atoms with van der Waals surface area (Å²) >= 11 is 0. The average molecular weight is 246 g/mol. The van der Waals surface area contributed by atoms with Gasteiger partial charge in [0.05, 0.1) is 5.56 Å². The summed E-state index contributed by atoms with van der Waals surface area (Å²) in [7, 11) is 0. The van der Waals surface area contributed by atoms with Crippen molar-refractivity contribution in [1.82, 2.24) is 5.16 Å². The average Bonchev–Trinajstić information content (AvgIpc) is 2.71. The van der Waals surface area contributed by atoms with E-state index in [0.29, 0.717) is 6.42 Å². The summed E-state index contributed by atoms with van der Waals surface area (Å²) in [6, 6.07) is 7.83. The molecule has 0 bridgehead atoms. The lowest BCUT2D eigenvalue weighted by Crippen LogP contribution is -2.15. The topological polar surface area (TPSA) is 89.1 Å². The summed E-state index contributed by atoms with van der Waals surface area (Å²) in [4.78, 5) is 22.7. The third kappa shape index (κ3) is 2.34. The van der Waals surface area contributed by atoms with E-state index in [1.807, 2.05) is 24.3 Å². The van der Waals surface area contributed by atoms with Gasteiger partial charge in [0.2, 0.25) is 5.76 Å². The van der Waals surface area contributed by atoms with E-state index in [1.165, 1.54) is 5.56 Å². The molecule has 1 heterocycles. The predicted octanol–water partition coefficient (Wildman–Crippen LogP) is 1.22. The van der Waals surface area contributed by atoms with Crippen LogP contribution in [-0.2, 0) is 12.8 Å². The van der Waals surface area contributed by atoms with Gasteiger partial charge in [0, 0.05) is 6.42 Å². The van der Waals surface area contributed by atoms with Gasteiger partial charge in [-0.2, -0.15) is 5.16 Å². The molecule has 5 heteroatoms. The van der Waals surface area contributed by atoms with Crippen molar-refractivity contribution in [2.45, 2.75) is 19.8 Å². The lowest BCUT2D eigenvalue weighted by molar-refractivity contribution is 0.0964. The molecule has 0 radical (unpaired) electrons. The highest BCUT2D eigenvalue weighted by atomic mass is 16.5. The first-order valence-corrected chi connectivity index (χ1v) is 5.69. The number of nitrogens with two attached hydrogens (primary N) is 1. The molecule has 2 rings (SSSR count). The van der Waals surface area contributed by atoms with Crippen molar-refractivity contribution in [2.24, 2.45) is 5.73 Å². The maximum atomic E-state index is 11.5. The van der Waals surface area contributed by atoms with Gasteiger partial charge in [-0.15, -0.1) is 0 Å². The molecular formula is C13H14N2O3. The smallest absolute Gasteiger partial charge is 0.287 e. The molecule has 3 N–H and O–H groups in total. The minimum atomic E-state index is -0.741. The number of aromatic nitrogens is 1. The zero-order chi connectivity index (χ0) is 13.1. The van der Waals surface area contributed by atoms with Crippen LogP contribution in [0.25, 0.3) is 0 Å². The quantitative estimate of drug-likeness (QED) is 0.850. The number of amides is 1. The highest BCUT2D eigenvalue weighted by Crippen LogP contribution is 2.12. The van der Waals surface area contributed by atoms with Crippen LogP contribution in [-0.4, -0.2) is 11.1 Å². The van der Waals surface area contributed by atoms with E-state index in [1.54, 1.807) is 0 Å². The molecular weight excluding hydrogens is 232 g/mol. The van der Waals surface area contributed by atoms with Crippen molar-refractivity contribution in [3.8, 4) is 0 Å². The summed E-state index contributed by atoms with van der Waals surface area (Å²) in [5.74, 6) is -0.836. The van der Waals surface area contributed by atoms with Gasteiger partial charge in [-0.1, -0.05) is 31.2 Å². The van der Waals surface area contributed by atoms with E-state index in [-0.39, 0.29) is 11.3 Å². The van der Waals surface area contributed by atoms with Crippen LogP contribution in [0, 0.1) is 0 Å². The van der Waals surface area contributed by atoms with Crippen LogP contribution in [0.5, 0.6) is 0 Å². The Hall–Kier alpha value is -2.30. The van der Waals surface area contributed by atoms with Crippen LogP contribution in [0.4, 0.5) is 0 Å². The number of benzene rings is 1. The number of primary amides is 1. The molecule has 0 aliphatic rings. The molecule has 1 aromatic heterocycles. The van der Waals surface area contributed by atoms with Crippen LogP contribution in [0.3, 0.4) is 0 Å². The first-order chi connectivity index (χ1) is 8.61. The number of aromatic amines is 1. The van der Waals surface area contributed by atoms with Crippen LogP contribution >= 0.6 is 0 Å². The van der Waals surface area contributed by atoms with E-state index in [2.05, 4.69) is 12.1 Å². The largest absolute Gasteiger partial charge is 0.373 e. The Morgan fingerprint density at radius 2 is 2.11 bits per heavy atom. The van der Waals surface area contributed by atoms with Gasteiger partial charge in [0.15, 0.2) is 0 Å². The standard InChI is InChI=1S/C13H14N2O3/c1-2-8-4-3-5-9(6-8)7-10-11(12(14)16)18-15-13(10)17/h3-6H,2,7H2,1H3,(H2,14,16)(H,15,17). The van der Waals surface area contributed by atoms with Gasteiger partial charge in [-0.3, -0.25) is 9.59 Å². The maximum Gasteiger partial charge on any atom is 0.287 e. The molecule has 0 unspecified atom stereocenters. The minimum Gasteiger partial charge on any atom is -0.373 e. The zero-order valence-electron chi connectivity index (χ0n) is 10.0. The van der Waals surface area contributed by atoms with Crippen LogP contribution < -0.4 is 11.3 Å². The zero-order valence-corrected chi connectivity index (χ0v) is 10.0. The van der Waals surface area contributed by atoms with Crippen LogP contribution in [0.1, 0.15) is 34.2 Å². The summed E-state index contributed by atoms with van der Waals surface area (Å²) < 4.78 is 4.77. The molecule has 1 amide bonds. The van der Waals surface area contributed by atoms with Crippen molar-refractivity contribution < 1.29 is 9.32 Å². The molecule has 0 fully saturated rings. The Labute approximate surface area is 104 Å². The molecule has 0 spiro atoms. The Balaban J connectivity index is 2.36. The van der Waals surface area contributed by atoms with Crippen molar-refractivity contribution in [1.29, 1.82) is 0 Å². The lowest BCUT2D eigenvalue weighted by atomic mass is 10.0. The second-order valence-corrected chi connectivity index (χ2v) is 4.06. The SMILES string of the molecule is CCc1cccc(Cc2c(C(N)=O)o[nH]c2=O)c1. The van der Waals surface area contributed by atoms with Crippen molar-refractivity contribution in [3.63, 3.8) is 0 Å². The monoisotopic (exact) mass is 246 g/mol. The Morgan fingerprint density at radius 3 is 2.78 bits per heavy atom. The molecule has 0 saturated carbocycles. The molecule has 0 aliphatic carbocycles. The fourth-order valence-corrected chi connectivity index (χ4v) is 1.85. The molecule has 1 aromatic carbocycles. The highest BCUT2D eigenvalue weighted by molar-refractivity contribution is 5.91. The number of aryl methyl sites for hydroxylation is 1. The van der Waals surface area contributed by atoms with E-state index in [9.17, 15) is 9.59 Å². The van der Waals surface area contributed by atoms with Crippen LogP contribution in [0.2, 0.25) is 0 Å². The summed E-state index contributed by atoms with van der Waals surface area (Å²) in [5.41, 5.74) is 7.13. The Bertz CT molecular complexity index is 625. The van der Waals surface area contributed by atoms with E-state index < -0.39 is 11.5 Å². The van der Waals surface area contributed by atoms with Gasteiger partial charge < -0.3 is 10.3 Å². The fourth-order valence-electron chi connectivity index (χ4n) is 1.85. The van der Waals surface area contributed by atoms with E-state index in [4.69, 9.17) is 10.3 Å². The summed E-state index contributed by atoms with van der Waals surface area (Å²) in [6.07, 6.45) is 1.25. The molecule has 2 aromatic rings. The number of nitrogens with one attached hydrogen (secondary N) is 1. The van der Waals surface area contributed by atoms with Crippen molar-refractivity contribution in [2.75, 3.05) is 0 Å². The number of H-pyrrole nitrogens is 1. The first kappa shape index (κ1) is 12.2. The van der Waals surface area contributed by atoms with Crippen molar-refractivity contribution >= 4 is 5.91 Å². The second kappa shape index (κ2) is 4.91. The summed E-state index contributed by atoms with van der Waals surface area (Å²) in [6.45, 7) is 2.05. The molecule has 0 atom stereocenters. The third-order valence-corrected chi connectivity index (χ3v) is 2.80. The molecule has 0 aliphatic heterocycles. The van der Waals surface area contributed by atoms with Gasteiger partial charge in [0.1, 0.15) is 0 Å². The van der Waals surface area contributed by atoms with Gasteiger partial charge >= 0.3 is 0 Å². The Morgan fingerprint density at radius 1 is 1.39 bits per heavy atom. The number of hydrogen-bond acceptors (Lipinski definition) is 3. The van der Waals surface area contributed by atoms with Gasteiger partial charge in [-0.25, -0.2) is 0 Å². The first-order valence-electron chi connectivity index (χ1n) is 5.69. The number of hydrogen-bond donors (Lipinski definition) is 2. The molecule has 0 saturated heterocycles. The third-order valence-electron chi connectivity index (χ3n) is 2.80. The van der Waals surface area contributed by atoms with E-state index >= 15 is 0 Å². The fraction of sp³-hybridized carbons (Fsp3) is 0.231. The van der Waals surface area contributed by atoms with Crippen LogP contribution in [0.15, 0.2) is 33.6 Å². The molecule has 5 nitrogen and oxygen atoms in total. The normalized spacial score (nSPS) is 10.5. The van der Waals surface area contributed by atoms with E-state index in [0.717, 1.165) is 12.0 Å². The second-order valence-electron chi connectivity index (χ2n) is 4.06. The maximum absolute atomic E-state index is 11.5. The molecule has 94 valence electrons. The summed E-state index contributed by atoms with van der Waals surface area (Å²) in [5, 5.41) is 2.14. The lowest BCUT2D eigenvalue weighted by Gasteiger charge is -2.02. The predicted molar refractivity (Wildman–Crippen MR) is 66.5 cm³/mol. The number of rotatable bonds is 4. The van der Waals surface area contributed by atoms with Gasteiger partial charge in [0.25, 0.3) is 11.5 Å². The minimum absolute atomic E-state index is 0.0955. The van der Waals surface area contributed by atoms with Crippen molar-refractivity contribution in [3.05, 3.63) is 57.1 Å². The number of carbonyl (C=O) groups is 1.